The summed E-state index contributed by atoms with van der Waals surface area (Å²) in [7, 11) is 1.92. The van der Waals surface area contributed by atoms with Crippen molar-refractivity contribution in [3.05, 3.63) is 58.3 Å². The van der Waals surface area contributed by atoms with E-state index in [1.807, 2.05) is 37.4 Å². The fourth-order valence-electron chi connectivity index (χ4n) is 1.62. The summed E-state index contributed by atoms with van der Waals surface area (Å²) in [6.45, 7) is 1.28. The summed E-state index contributed by atoms with van der Waals surface area (Å²) >= 11 is 3.36. The number of nitrogens with zero attached hydrogens (tertiary/aromatic N) is 1. The predicted molar refractivity (Wildman–Crippen MR) is 75.5 cm³/mol. The van der Waals surface area contributed by atoms with E-state index in [0.717, 1.165) is 28.0 Å². The van der Waals surface area contributed by atoms with Crippen molar-refractivity contribution in [3.63, 3.8) is 0 Å². The van der Waals surface area contributed by atoms with Gasteiger partial charge in [-0.2, -0.15) is 0 Å². The second-order valence-electron chi connectivity index (χ2n) is 3.89. The van der Waals surface area contributed by atoms with Crippen LogP contribution in [0.1, 0.15) is 11.3 Å². The molecular weight excluding hydrogens is 292 g/mol. The van der Waals surface area contributed by atoms with E-state index in [1.54, 1.807) is 6.20 Å². The van der Waals surface area contributed by atoms with Crippen LogP contribution in [-0.4, -0.2) is 12.0 Å². The normalized spacial score (nSPS) is 10.3. The molecule has 0 spiro atoms. The van der Waals surface area contributed by atoms with Gasteiger partial charge in [0.15, 0.2) is 0 Å². The SMILES string of the molecule is CNCc1ccccc1OCc1ccc(Br)cn1. The van der Waals surface area contributed by atoms with Crippen molar-refractivity contribution in [2.24, 2.45) is 0 Å². The van der Waals surface area contributed by atoms with Crippen molar-refractivity contribution < 1.29 is 4.74 Å². The van der Waals surface area contributed by atoms with Gasteiger partial charge in [-0.15, -0.1) is 0 Å². The van der Waals surface area contributed by atoms with Crippen LogP contribution in [0.2, 0.25) is 0 Å². The van der Waals surface area contributed by atoms with Gasteiger partial charge in [-0.1, -0.05) is 18.2 Å². The molecule has 0 unspecified atom stereocenters. The topological polar surface area (TPSA) is 34.1 Å². The fourth-order valence-corrected chi connectivity index (χ4v) is 1.86. The smallest absolute Gasteiger partial charge is 0.130 e. The molecule has 2 aromatic rings. The highest BCUT2D eigenvalue weighted by Crippen LogP contribution is 2.19. The van der Waals surface area contributed by atoms with Crippen molar-refractivity contribution in [1.82, 2.24) is 10.3 Å². The first-order valence-corrected chi connectivity index (χ1v) is 6.54. The number of nitrogens with one attached hydrogen (secondary N) is 1. The van der Waals surface area contributed by atoms with Crippen molar-refractivity contribution in [2.75, 3.05) is 7.05 Å². The van der Waals surface area contributed by atoms with E-state index in [4.69, 9.17) is 4.74 Å². The third-order valence-corrected chi connectivity index (χ3v) is 2.97. The molecule has 1 N–H and O–H groups in total. The first kappa shape index (κ1) is 13.1. The molecule has 0 aliphatic carbocycles. The number of pyridine rings is 1. The van der Waals surface area contributed by atoms with Crippen molar-refractivity contribution in [2.45, 2.75) is 13.2 Å². The number of aromatic nitrogens is 1. The van der Waals surface area contributed by atoms with Gasteiger partial charge in [-0.3, -0.25) is 4.98 Å². The molecule has 0 aliphatic heterocycles. The quantitative estimate of drug-likeness (QED) is 0.921. The summed E-state index contributed by atoms with van der Waals surface area (Å²) in [5.41, 5.74) is 2.06. The molecule has 0 radical (unpaired) electrons. The van der Waals surface area contributed by atoms with E-state index in [0.29, 0.717) is 6.61 Å². The van der Waals surface area contributed by atoms with E-state index in [-0.39, 0.29) is 0 Å². The highest BCUT2D eigenvalue weighted by atomic mass is 79.9. The second-order valence-corrected chi connectivity index (χ2v) is 4.81. The Morgan fingerprint density at radius 1 is 1.22 bits per heavy atom. The predicted octanol–water partition coefficient (Wildman–Crippen LogP) is 3.14. The van der Waals surface area contributed by atoms with E-state index < -0.39 is 0 Å². The van der Waals surface area contributed by atoms with Crippen LogP contribution >= 0.6 is 15.9 Å². The minimum absolute atomic E-state index is 0.480. The van der Waals surface area contributed by atoms with Gasteiger partial charge >= 0.3 is 0 Å². The molecule has 1 aromatic carbocycles. The Kier molecular flexibility index (Phi) is 4.73. The maximum atomic E-state index is 5.80. The summed E-state index contributed by atoms with van der Waals surface area (Å²) < 4.78 is 6.77. The van der Waals surface area contributed by atoms with Gasteiger partial charge in [0, 0.05) is 22.8 Å². The maximum absolute atomic E-state index is 5.80. The van der Waals surface area contributed by atoms with Gasteiger partial charge in [-0.25, -0.2) is 0 Å². The molecule has 0 saturated carbocycles. The molecule has 18 heavy (non-hydrogen) atoms. The fraction of sp³-hybridized carbons (Fsp3) is 0.214. The minimum Gasteiger partial charge on any atom is -0.487 e. The molecule has 1 heterocycles. The number of para-hydroxylation sites is 1. The van der Waals surface area contributed by atoms with Crippen molar-refractivity contribution in [1.29, 1.82) is 0 Å². The molecule has 94 valence electrons. The van der Waals surface area contributed by atoms with Gasteiger partial charge in [-0.05, 0) is 41.2 Å². The molecule has 0 amide bonds. The van der Waals surface area contributed by atoms with Gasteiger partial charge in [0.1, 0.15) is 12.4 Å². The van der Waals surface area contributed by atoms with Crippen LogP contribution in [0.4, 0.5) is 0 Å². The largest absolute Gasteiger partial charge is 0.487 e. The van der Waals surface area contributed by atoms with Crippen molar-refractivity contribution >= 4 is 15.9 Å². The van der Waals surface area contributed by atoms with Crippen LogP contribution in [0.15, 0.2) is 47.1 Å². The first-order valence-electron chi connectivity index (χ1n) is 5.75. The first-order chi connectivity index (χ1) is 8.79. The minimum atomic E-state index is 0.480. The van der Waals surface area contributed by atoms with Crippen molar-refractivity contribution in [3.8, 4) is 5.75 Å². The summed E-state index contributed by atoms with van der Waals surface area (Å²) in [6, 6.07) is 11.9. The lowest BCUT2D eigenvalue weighted by Gasteiger charge is -2.10. The molecule has 1 aromatic heterocycles. The van der Waals surface area contributed by atoms with Gasteiger partial charge in [0.25, 0.3) is 0 Å². The van der Waals surface area contributed by atoms with E-state index in [9.17, 15) is 0 Å². The third-order valence-electron chi connectivity index (χ3n) is 2.50. The lowest BCUT2D eigenvalue weighted by molar-refractivity contribution is 0.297. The molecular formula is C14H15BrN2O. The average molecular weight is 307 g/mol. The Bertz CT molecular complexity index is 499. The number of benzene rings is 1. The molecule has 0 atom stereocenters. The van der Waals surface area contributed by atoms with Crippen LogP contribution in [-0.2, 0) is 13.2 Å². The lowest BCUT2D eigenvalue weighted by atomic mass is 10.2. The van der Waals surface area contributed by atoms with E-state index >= 15 is 0 Å². The van der Waals surface area contributed by atoms with Crippen LogP contribution in [0.3, 0.4) is 0 Å². The second kappa shape index (κ2) is 6.52. The molecule has 0 bridgehead atoms. The summed E-state index contributed by atoms with van der Waals surface area (Å²) in [5, 5.41) is 3.13. The molecule has 0 saturated heterocycles. The molecule has 2 rings (SSSR count). The molecule has 3 nitrogen and oxygen atoms in total. The number of halogens is 1. The van der Waals surface area contributed by atoms with Gasteiger partial charge in [0.05, 0.1) is 5.69 Å². The van der Waals surface area contributed by atoms with Gasteiger partial charge in [0.2, 0.25) is 0 Å². The zero-order valence-corrected chi connectivity index (χ0v) is 11.8. The molecule has 4 heteroatoms. The zero-order chi connectivity index (χ0) is 12.8. The Morgan fingerprint density at radius 2 is 2.06 bits per heavy atom. The average Bonchev–Trinajstić information content (AvgIpc) is 2.40. The summed E-state index contributed by atoms with van der Waals surface area (Å²) in [5.74, 6) is 0.900. The molecule has 0 fully saturated rings. The summed E-state index contributed by atoms with van der Waals surface area (Å²) in [6.07, 6.45) is 1.78. The number of ether oxygens (including phenoxy) is 1. The monoisotopic (exact) mass is 306 g/mol. The Balaban J connectivity index is 2.03. The van der Waals surface area contributed by atoms with E-state index in [1.165, 1.54) is 0 Å². The lowest BCUT2D eigenvalue weighted by Crippen LogP contribution is -2.07. The Morgan fingerprint density at radius 3 is 2.78 bits per heavy atom. The Labute approximate surface area is 115 Å². The Hall–Kier alpha value is -1.39. The van der Waals surface area contributed by atoms with Crippen LogP contribution in [0, 0.1) is 0 Å². The third kappa shape index (κ3) is 3.55. The number of hydrogen-bond donors (Lipinski definition) is 1. The standard InChI is InChI=1S/C14H15BrN2O/c1-16-8-11-4-2-3-5-14(11)18-10-13-7-6-12(15)9-17-13/h2-7,9,16H,8,10H2,1H3. The summed E-state index contributed by atoms with van der Waals surface area (Å²) in [4.78, 5) is 4.28. The maximum Gasteiger partial charge on any atom is 0.130 e. The zero-order valence-electron chi connectivity index (χ0n) is 10.2. The molecule has 0 aliphatic rings. The highest BCUT2D eigenvalue weighted by molar-refractivity contribution is 9.10. The highest BCUT2D eigenvalue weighted by Gasteiger charge is 2.02. The van der Waals surface area contributed by atoms with Crippen LogP contribution in [0.25, 0.3) is 0 Å². The van der Waals surface area contributed by atoms with Gasteiger partial charge < -0.3 is 10.1 Å². The van der Waals surface area contributed by atoms with Crippen LogP contribution < -0.4 is 10.1 Å². The van der Waals surface area contributed by atoms with Crippen LogP contribution in [0.5, 0.6) is 5.75 Å². The number of rotatable bonds is 5. The number of hydrogen-bond acceptors (Lipinski definition) is 3. The van der Waals surface area contributed by atoms with E-state index in [2.05, 4.69) is 32.3 Å².